The van der Waals surface area contributed by atoms with Crippen molar-refractivity contribution in [1.82, 2.24) is 15.0 Å². The van der Waals surface area contributed by atoms with Gasteiger partial charge in [0.15, 0.2) is 0 Å². The Morgan fingerprint density at radius 2 is 1.50 bits per heavy atom. The maximum Gasteiger partial charge on any atom is 0.148 e. The Balaban J connectivity index is 1.36. The molecule has 1 N–H and O–H groups in total. The van der Waals surface area contributed by atoms with E-state index in [0.29, 0.717) is 6.54 Å². The van der Waals surface area contributed by atoms with Crippen molar-refractivity contribution in [3.63, 3.8) is 0 Å². The molecule has 30 heavy (non-hydrogen) atoms. The molecule has 4 nitrogen and oxygen atoms in total. The van der Waals surface area contributed by atoms with Crippen molar-refractivity contribution in [3.8, 4) is 21.8 Å². The summed E-state index contributed by atoms with van der Waals surface area (Å²) in [6.07, 6.45) is 0. The second kappa shape index (κ2) is 8.05. The number of aromatic nitrogens is 3. The zero-order valence-electron chi connectivity index (χ0n) is 16.5. The standard InChI is InChI=1S/C25H20N4S/c1-17-24(28-22-13-6-5-12-21(22)27-17)26-15-18-8-7-11-20(14-18)25-29-23(16-30-25)19-9-3-2-4-10-19/h2-14,16H,15H2,1H3,(H,26,28). The minimum atomic E-state index is 0.679. The van der Waals surface area contributed by atoms with Crippen molar-refractivity contribution in [2.24, 2.45) is 0 Å². The number of hydrogen-bond acceptors (Lipinski definition) is 5. The largest absolute Gasteiger partial charge is 0.364 e. The first-order chi connectivity index (χ1) is 14.8. The van der Waals surface area contributed by atoms with Crippen LogP contribution in [0.5, 0.6) is 0 Å². The van der Waals surface area contributed by atoms with E-state index in [-0.39, 0.29) is 0 Å². The van der Waals surface area contributed by atoms with Gasteiger partial charge in [0.1, 0.15) is 10.8 Å². The van der Waals surface area contributed by atoms with Crippen LogP contribution in [0.4, 0.5) is 5.82 Å². The van der Waals surface area contributed by atoms with Crippen LogP contribution in [-0.2, 0) is 6.54 Å². The lowest BCUT2D eigenvalue weighted by molar-refractivity contribution is 1.08. The molecule has 0 atom stereocenters. The molecule has 0 aliphatic carbocycles. The Morgan fingerprint density at radius 1 is 0.767 bits per heavy atom. The van der Waals surface area contributed by atoms with Crippen LogP contribution in [-0.4, -0.2) is 15.0 Å². The highest BCUT2D eigenvalue weighted by molar-refractivity contribution is 7.13. The van der Waals surface area contributed by atoms with Gasteiger partial charge in [0, 0.05) is 23.1 Å². The number of para-hydroxylation sites is 2. The van der Waals surface area contributed by atoms with Gasteiger partial charge in [-0.2, -0.15) is 0 Å². The summed E-state index contributed by atoms with van der Waals surface area (Å²) in [5.41, 5.74) is 7.18. The van der Waals surface area contributed by atoms with Crippen molar-refractivity contribution in [3.05, 3.63) is 95.5 Å². The van der Waals surface area contributed by atoms with Gasteiger partial charge in [-0.15, -0.1) is 11.3 Å². The summed E-state index contributed by atoms with van der Waals surface area (Å²) in [6.45, 7) is 2.66. The molecule has 5 rings (SSSR count). The lowest BCUT2D eigenvalue weighted by Crippen LogP contribution is -2.05. The third kappa shape index (κ3) is 3.80. The summed E-state index contributed by atoms with van der Waals surface area (Å²) in [5, 5.41) is 6.58. The first-order valence-corrected chi connectivity index (χ1v) is 10.7. The maximum atomic E-state index is 4.83. The summed E-state index contributed by atoms with van der Waals surface area (Å²) in [5.74, 6) is 0.819. The van der Waals surface area contributed by atoms with E-state index >= 15 is 0 Å². The lowest BCUT2D eigenvalue weighted by atomic mass is 10.1. The fourth-order valence-electron chi connectivity index (χ4n) is 3.40. The zero-order valence-corrected chi connectivity index (χ0v) is 17.4. The second-order valence-electron chi connectivity index (χ2n) is 7.10. The SMILES string of the molecule is Cc1nc2ccccc2nc1NCc1cccc(-c2nc(-c3ccccc3)cs2)c1. The van der Waals surface area contributed by atoms with Crippen LogP contribution in [0.3, 0.4) is 0 Å². The number of fused-ring (bicyclic) bond motifs is 1. The first kappa shape index (κ1) is 18.5. The van der Waals surface area contributed by atoms with Crippen LogP contribution in [0.2, 0.25) is 0 Å². The Kier molecular flexibility index (Phi) is 4.95. The summed E-state index contributed by atoms with van der Waals surface area (Å²) in [4.78, 5) is 14.2. The molecule has 0 aliphatic rings. The maximum absolute atomic E-state index is 4.83. The molecule has 146 valence electrons. The molecule has 3 aromatic carbocycles. The lowest BCUT2D eigenvalue weighted by Gasteiger charge is -2.10. The number of hydrogen-bond donors (Lipinski definition) is 1. The molecule has 0 bridgehead atoms. The topological polar surface area (TPSA) is 50.7 Å². The highest BCUT2D eigenvalue weighted by Crippen LogP contribution is 2.29. The molecular weight excluding hydrogens is 388 g/mol. The quantitative estimate of drug-likeness (QED) is 0.369. The monoisotopic (exact) mass is 408 g/mol. The van der Waals surface area contributed by atoms with Gasteiger partial charge in [-0.1, -0.05) is 60.7 Å². The van der Waals surface area contributed by atoms with Gasteiger partial charge < -0.3 is 5.32 Å². The highest BCUT2D eigenvalue weighted by Gasteiger charge is 2.08. The molecule has 0 saturated heterocycles. The fourth-order valence-corrected chi connectivity index (χ4v) is 4.23. The van der Waals surface area contributed by atoms with Crippen LogP contribution < -0.4 is 5.32 Å². The number of nitrogens with zero attached hydrogens (tertiary/aromatic N) is 3. The Hall–Kier alpha value is -3.57. The predicted molar refractivity (Wildman–Crippen MR) is 125 cm³/mol. The van der Waals surface area contributed by atoms with E-state index in [9.17, 15) is 0 Å². The third-order valence-electron chi connectivity index (χ3n) is 4.95. The van der Waals surface area contributed by atoms with Gasteiger partial charge in [-0.3, -0.25) is 0 Å². The average Bonchev–Trinajstić information content (AvgIpc) is 3.29. The zero-order chi connectivity index (χ0) is 20.3. The summed E-state index contributed by atoms with van der Waals surface area (Å²) in [7, 11) is 0. The molecule has 0 spiro atoms. The molecule has 0 radical (unpaired) electrons. The molecule has 0 fully saturated rings. The fraction of sp³-hybridized carbons (Fsp3) is 0.0800. The number of benzene rings is 3. The Labute approximate surface area is 179 Å². The summed E-state index contributed by atoms with van der Waals surface area (Å²) < 4.78 is 0. The van der Waals surface area contributed by atoms with Gasteiger partial charge in [0.05, 0.1) is 22.4 Å². The van der Waals surface area contributed by atoms with Crippen molar-refractivity contribution in [1.29, 1.82) is 0 Å². The van der Waals surface area contributed by atoms with Crippen LogP contribution >= 0.6 is 11.3 Å². The normalized spacial score (nSPS) is 11.0. The minimum Gasteiger partial charge on any atom is -0.364 e. The summed E-state index contributed by atoms with van der Waals surface area (Å²) >= 11 is 1.67. The van der Waals surface area contributed by atoms with E-state index in [1.807, 2.05) is 49.4 Å². The Bertz CT molecular complexity index is 1310. The van der Waals surface area contributed by atoms with Crippen LogP contribution in [0.25, 0.3) is 32.9 Å². The van der Waals surface area contributed by atoms with Crippen LogP contribution in [0.1, 0.15) is 11.3 Å². The van der Waals surface area contributed by atoms with Crippen molar-refractivity contribution in [2.45, 2.75) is 13.5 Å². The molecule has 5 heteroatoms. The second-order valence-corrected chi connectivity index (χ2v) is 7.96. The van der Waals surface area contributed by atoms with Gasteiger partial charge in [-0.05, 0) is 30.7 Å². The van der Waals surface area contributed by atoms with E-state index in [2.05, 4.69) is 52.1 Å². The van der Waals surface area contributed by atoms with E-state index in [1.165, 1.54) is 5.56 Å². The number of thiazole rings is 1. The number of rotatable bonds is 5. The molecule has 2 aromatic heterocycles. The van der Waals surface area contributed by atoms with Crippen molar-refractivity contribution in [2.75, 3.05) is 5.32 Å². The molecule has 5 aromatic rings. The molecule has 0 amide bonds. The Morgan fingerprint density at radius 3 is 2.33 bits per heavy atom. The molecular formula is C25H20N4S. The third-order valence-corrected chi connectivity index (χ3v) is 5.84. The van der Waals surface area contributed by atoms with Crippen molar-refractivity contribution >= 4 is 28.2 Å². The van der Waals surface area contributed by atoms with E-state index in [1.54, 1.807) is 11.3 Å². The van der Waals surface area contributed by atoms with E-state index in [0.717, 1.165) is 44.4 Å². The van der Waals surface area contributed by atoms with Crippen molar-refractivity contribution < 1.29 is 0 Å². The molecule has 0 saturated carbocycles. The molecule has 0 unspecified atom stereocenters. The number of anilines is 1. The minimum absolute atomic E-state index is 0.679. The summed E-state index contributed by atoms with van der Waals surface area (Å²) in [6, 6.07) is 26.7. The van der Waals surface area contributed by atoms with Crippen LogP contribution in [0.15, 0.2) is 84.2 Å². The molecule has 2 heterocycles. The first-order valence-electron chi connectivity index (χ1n) is 9.84. The van der Waals surface area contributed by atoms with Crippen LogP contribution in [0, 0.1) is 6.92 Å². The number of nitrogens with one attached hydrogen (secondary N) is 1. The van der Waals surface area contributed by atoms with E-state index < -0.39 is 0 Å². The van der Waals surface area contributed by atoms with Gasteiger partial charge in [0.25, 0.3) is 0 Å². The van der Waals surface area contributed by atoms with Gasteiger partial charge in [-0.25, -0.2) is 15.0 Å². The predicted octanol–water partition coefficient (Wildman–Crippen LogP) is 6.34. The smallest absolute Gasteiger partial charge is 0.148 e. The highest BCUT2D eigenvalue weighted by atomic mass is 32.1. The van der Waals surface area contributed by atoms with Gasteiger partial charge in [0.2, 0.25) is 0 Å². The average molecular weight is 409 g/mol. The van der Waals surface area contributed by atoms with E-state index in [4.69, 9.17) is 9.97 Å². The molecule has 0 aliphatic heterocycles. The number of aryl methyl sites for hydroxylation is 1. The van der Waals surface area contributed by atoms with Gasteiger partial charge >= 0.3 is 0 Å².